The number of fused-ring (bicyclic) bond motifs is 1. The smallest absolute Gasteiger partial charge is 0.262 e. The molecule has 4 rings (SSSR count). The number of hydrogen-bond donors (Lipinski definition) is 2. The van der Waals surface area contributed by atoms with Crippen LogP contribution in [0.4, 0.5) is 5.69 Å². The number of aryl methyl sites for hydroxylation is 3. The second-order valence-corrected chi connectivity index (χ2v) is 8.07. The van der Waals surface area contributed by atoms with Gasteiger partial charge in [0, 0.05) is 5.69 Å². The normalized spacial score (nSPS) is 11.0. The SMILES string of the molecule is Cc1ccc(C)c(NC(=O)CSc2nc3c(cnn3-c3ccccc3C)c(=O)[nH]2)c1. The third-order valence-electron chi connectivity index (χ3n) is 4.77. The van der Waals surface area contributed by atoms with Crippen molar-refractivity contribution in [3.05, 3.63) is 75.7 Å². The lowest BCUT2D eigenvalue weighted by molar-refractivity contribution is -0.113. The Morgan fingerprint density at radius 2 is 1.93 bits per heavy atom. The molecule has 0 spiro atoms. The van der Waals surface area contributed by atoms with E-state index in [4.69, 9.17) is 0 Å². The van der Waals surface area contributed by atoms with Crippen molar-refractivity contribution in [1.29, 1.82) is 0 Å². The number of rotatable bonds is 5. The summed E-state index contributed by atoms with van der Waals surface area (Å²) >= 11 is 1.18. The Bertz CT molecular complexity index is 1310. The zero-order valence-corrected chi connectivity index (χ0v) is 17.7. The lowest BCUT2D eigenvalue weighted by Gasteiger charge is -2.09. The number of hydrogen-bond acceptors (Lipinski definition) is 5. The van der Waals surface area contributed by atoms with Crippen LogP contribution in [0.3, 0.4) is 0 Å². The van der Waals surface area contributed by atoms with E-state index in [0.717, 1.165) is 28.1 Å². The summed E-state index contributed by atoms with van der Waals surface area (Å²) < 4.78 is 1.65. The minimum Gasteiger partial charge on any atom is -0.325 e. The van der Waals surface area contributed by atoms with Crippen LogP contribution in [0.1, 0.15) is 16.7 Å². The second kappa shape index (κ2) is 8.16. The van der Waals surface area contributed by atoms with E-state index < -0.39 is 0 Å². The summed E-state index contributed by atoms with van der Waals surface area (Å²) in [6.07, 6.45) is 1.51. The molecule has 8 heteroatoms. The summed E-state index contributed by atoms with van der Waals surface area (Å²) in [5.41, 5.74) is 4.91. The maximum Gasteiger partial charge on any atom is 0.262 e. The zero-order valence-electron chi connectivity index (χ0n) is 16.9. The van der Waals surface area contributed by atoms with Gasteiger partial charge in [-0.05, 0) is 49.6 Å². The molecule has 2 aromatic heterocycles. The monoisotopic (exact) mass is 419 g/mol. The number of benzene rings is 2. The van der Waals surface area contributed by atoms with Gasteiger partial charge in [-0.2, -0.15) is 5.10 Å². The molecule has 0 fully saturated rings. The fourth-order valence-electron chi connectivity index (χ4n) is 3.13. The maximum atomic E-state index is 12.5. The van der Waals surface area contributed by atoms with E-state index in [2.05, 4.69) is 20.4 Å². The van der Waals surface area contributed by atoms with Crippen molar-refractivity contribution in [1.82, 2.24) is 19.7 Å². The van der Waals surface area contributed by atoms with Gasteiger partial charge in [0.1, 0.15) is 5.39 Å². The number of anilines is 1. The van der Waals surface area contributed by atoms with E-state index in [0.29, 0.717) is 16.2 Å². The molecule has 0 atom stereocenters. The van der Waals surface area contributed by atoms with Crippen LogP contribution >= 0.6 is 11.8 Å². The number of H-pyrrole nitrogens is 1. The summed E-state index contributed by atoms with van der Waals surface area (Å²) in [4.78, 5) is 32.2. The lowest BCUT2D eigenvalue weighted by atomic mass is 10.1. The molecular formula is C22H21N5O2S. The molecule has 7 nitrogen and oxygen atoms in total. The van der Waals surface area contributed by atoms with Crippen molar-refractivity contribution in [2.24, 2.45) is 0 Å². The minimum absolute atomic E-state index is 0.125. The van der Waals surface area contributed by atoms with Crippen LogP contribution < -0.4 is 10.9 Å². The number of aromatic amines is 1. The van der Waals surface area contributed by atoms with Gasteiger partial charge in [-0.1, -0.05) is 42.1 Å². The first kappa shape index (κ1) is 19.9. The number of para-hydroxylation sites is 1. The van der Waals surface area contributed by atoms with Gasteiger partial charge < -0.3 is 10.3 Å². The van der Waals surface area contributed by atoms with E-state index in [1.807, 2.05) is 63.2 Å². The molecule has 1 amide bonds. The Labute approximate surface area is 177 Å². The third kappa shape index (κ3) is 3.99. The summed E-state index contributed by atoms with van der Waals surface area (Å²) in [5.74, 6) is -0.0378. The first-order valence-electron chi connectivity index (χ1n) is 9.46. The molecule has 0 radical (unpaired) electrons. The quantitative estimate of drug-likeness (QED) is 0.379. The average molecular weight is 420 g/mol. The molecule has 0 aliphatic carbocycles. The molecule has 2 aromatic carbocycles. The van der Waals surface area contributed by atoms with E-state index >= 15 is 0 Å². The Morgan fingerprint density at radius 1 is 1.13 bits per heavy atom. The van der Waals surface area contributed by atoms with Gasteiger partial charge in [0.2, 0.25) is 5.91 Å². The predicted octanol–water partition coefficient (Wildman–Crippen LogP) is 3.76. The number of carbonyl (C=O) groups is 1. The highest BCUT2D eigenvalue weighted by atomic mass is 32.2. The molecule has 0 saturated carbocycles. The molecule has 2 N–H and O–H groups in total. The Balaban J connectivity index is 1.57. The van der Waals surface area contributed by atoms with E-state index in [1.54, 1.807) is 4.68 Å². The van der Waals surface area contributed by atoms with Crippen molar-refractivity contribution >= 4 is 34.4 Å². The van der Waals surface area contributed by atoms with Crippen LogP contribution in [-0.4, -0.2) is 31.4 Å². The van der Waals surface area contributed by atoms with E-state index in [9.17, 15) is 9.59 Å². The van der Waals surface area contributed by atoms with Crippen LogP contribution in [0.25, 0.3) is 16.7 Å². The summed E-state index contributed by atoms with van der Waals surface area (Å²) in [6.45, 7) is 5.90. The highest BCUT2D eigenvalue weighted by molar-refractivity contribution is 7.99. The van der Waals surface area contributed by atoms with Crippen LogP contribution in [0.15, 0.2) is 58.6 Å². The summed E-state index contributed by atoms with van der Waals surface area (Å²) in [7, 11) is 0. The first-order valence-corrected chi connectivity index (χ1v) is 10.4. The van der Waals surface area contributed by atoms with E-state index in [-0.39, 0.29) is 17.2 Å². The van der Waals surface area contributed by atoms with Crippen molar-refractivity contribution in [2.45, 2.75) is 25.9 Å². The average Bonchev–Trinajstić information content (AvgIpc) is 3.14. The van der Waals surface area contributed by atoms with Gasteiger partial charge in [-0.15, -0.1) is 0 Å². The molecule has 152 valence electrons. The topological polar surface area (TPSA) is 92.7 Å². The molecular weight excluding hydrogens is 398 g/mol. The zero-order chi connectivity index (χ0) is 21.3. The number of aromatic nitrogens is 4. The van der Waals surface area contributed by atoms with Gasteiger partial charge >= 0.3 is 0 Å². The second-order valence-electron chi connectivity index (χ2n) is 7.11. The number of amides is 1. The Hall–Kier alpha value is -3.39. The largest absolute Gasteiger partial charge is 0.325 e. The van der Waals surface area contributed by atoms with Crippen molar-refractivity contribution < 1.29 is 4.79 Å². The molecule has 0 bridgehead atoms. The standard InChI is InChI=1S/C22H21N5O2S/c1-13-8-9-14(2)17(10-13)24-19(28)12-30-22-25-20-16(21(29)26-22)11-23-27(20)18-7-5-4-6-15(18)3/h4-11H,12H2,1-3H3,(H,24,28)(H,25,26,29). The van der Waals surface area contributed by atoms with Gasteiger partial charge in [-0.3, -0.25) is 9.59 Å². The van der Waals surface area contributed by atoms with Crippen LogP contribution in [-0.2, 0) is 4.79 Å². The Kier molecular flexibility index (Phi) is 5.41. The fourth-order valence-corrected chi connectivity index (χ4v) is 3.79. The molecule has 30 heavy (non-hydrogen) atoms. The van der Waals surface area contributed by atoms with Gasteiger partial charge in [0.15, 0.2) is 10.8 Å². The fraction of sp³-hybridized carbons (Fsp3) is 0.182. The highest BCUT2D eigenvalue weighted by Gasteiger charge is 2.14. The van der Waals surface area contributed by atoms with Crippen molar-refractivity contribution in [3.63, 3.8) is 0 Å². The molecule has 4 aromatic rings. The number of thioether (sulfide) groups is 1. The van der Waals surface area contributed by atoms with Gasteiger partial charge in [-0.25, -0.2) is 9.67 Å². The third-order valence-corrected chi connectivity index (χ3v) is 5.64. The predicted molar refractivity (Wildman–Crippen MR) is 119 cm³/mol. The number of nitrogens with one attached hydrogen (secondary N) is 2. The molecule has 0 saturated heterocycles. The highest BCUT2D eigenvalue weighted by Crippen LogP contribution is 2.21. The summed E-state index contributed by atoms with van der Waals surface area (Å²) in [6, 6.07) is 13.7. The lowest BCUT2D eigenvalue weighted by Crippen LogP contribution is -2.16. The molecule has 0 aliphatic heterocycles. The number of nitrogens with zero attached hydrogens (tertiary/aromatic N) is 3. The number of carbonyl (C=O) groups excluding carboxylic acids is 1. The van der Waals surface area contributed by atoms with Gasteiger partial charge in [0.05, 0.1) is 17.6 Å². The minimum atomic E-state index is -0.280. The van der Waals surface area contributed by atoms with Crippen LogP contribution in [0.2, 0.25) is 0 Å². The van der Waals surface area contributed by atoms with Crippen LogP contribution in [0.5, 0.6) is 0 Å². The Morgan fingerprint density at radius 3 is 2.73 bits per heavy atom. The van der Waals surface area contributed by atoms with Crippen LogP contribution in [0, 0.1) is 20.8 Å². The van der Waals surface area contributed by atoms with Gasteiger partial charge in [0.25, 0.3) is 5.56 Å². The molecule has 0 unspecified atom stereocenters. The maximum absolute atomic E-state index is 12.5. The van der Waals surface area contributed by atoms with E-state index in [1.165, 1.54) is 18.0 Å². The molecule has 2 heterocycles. The molecule has 0 aliphatic rings. The van der Waals surface area contributed by atoms with Crippen molar-refractivity contribution in [3.8, 4) is 5.69 Å². The first-order chi connectivity index (χ1) is 14.4. The summed E-state index contributed by atoms with van der Waals surface area (Å²) in [5, 5.41) is 8.04. The van der Waals surface area contributed by atoms with Crippen molar-refractivity contribution in [2.75, 3.05) is 11.1 Å².